The van der Waals surface area contributed by atoms with Gasteiger partial charge in [0.1, 0.15) is 26.6 Å². The number of amidine groups is 1. The number of allylic oxidation sites excluding steroid dienone is 1. The fraction of sp³-hybridized carbons (Fsp3) is 0.368. The van der Waals surface area contributed by atoms with E-state index in [1.807, 2.05) is 36.2 Å². The van der Waals surface area contributed by atoms with Crippen LogP contribution < -0.4 is 4.74 Å². The number of hydrogen-bond acceptors (Lipinski definition) is 6. The fourth-order valence-corrected chi connectivity index (χ4v) is 6.39. The highest BCUT2D eigenvalue weighted by Gasteiger charge is 2.39. The third-order valence-electron chi connectivity index (χ3n) is 4.98. The van der Waals surface area contributed by atoms with Gasteiger partial charge in [-0.2, -0.15) is 5.10 Å². The highest BCUT2D eigenvalue weighted by Crippen LogP contribution is 2.45. The van der Waals surface area contributed by atoms with E-state index in [1.165, 1.54) is 23.8 Å². The largest absolute Gasteiger partial charge is 0.493 e. The Bertz CT molecular complexity index is 946. The molecule has 0 saturated carbocycles. The van der Waals surface area contributed by atoms with Crippen molar-refractivity contribution >= 4 is 32.8 Å². The fourth-order valence-electron chi connectivity index (χ4n) is 3.80. The van der Waals surface area contributed by atoms with Crippen molar-refractivity contribution in [2.24, 2.45) is 10.1 Å². The standard InChI is InChI=1S/C19H19N3O2S2/c1-2-24-15-9-5-3-8-13(15)17-21-22-11-14-12-7-4-6-10-16(12)26(23)18(14)20-19(22)25-17/h3,5,8-9H,2,4,6-7,10-11H2,1H3. The van der Waals surface area contributed by atoms with Gasteiger partial charge in [0.2, 0.25) is 0 Å². The molecule has 5 rings (SSSR count). The van der Waals surface area contributed by atoms with Gasteiger partial charge in [-0.1, -0.05) is 12.1 Å². The maximum atomic E-state index is 12.9. The summed E-state index contributed by atoms with van der Waals surface area (Å²) < 4.78 is 18.6. The van der Waals surface area contributed by atoms with Crippen molar-refractivity contribution in [2.45, 2.75) is 32.6 Å². The molecule has 1 aromatic rings. The molecule has 0 bridgehead atoms. The van der Waals surface area contributed by atoms with Crippen LogP contribution in [0, 0.1) is 0 Å². The number of nitrogens with zero attached hydrogens (tertiary/aromatic N) is 3. The van der Waals surface area contributed by atoms with Crippen LogP contribution in [-0.4, -0.2) is 32.6 Å². The van der Waals surface area contributed by atoms with Crippen LogP contribution in [0.1, 0.15) is 38.2 Å². The molecule has 0 fully saturated rings. The summed E-state index contributed by atoms with van der Waals surface area (Å²) in [5, 5.41) is 9.21. The van der Waals surface area contributed by atoms with Gasteiger partial charge in [0, 0.05) is 10.5 Å². The number of ether oxygens (including phenoxy) is 1. The van der Waals surface area contributed by atoms with Crippen LogP contribution in [-0.2, 0) is 10.8 Å². The van der Waals surface area contributed by atoms with Crippen LogP contribution >= 0.6 is 11.8 Å². The third kappa shape index (κ3) is 2.48. The van der Waals surface area contributed by atoms with Gasteiger partial charge in [-0.25, -0.2) is 14.2 Å². The lowest BCUT2D eigenvalue weighted by Gasteiger charge is -2.21. The van der Waals surface area contributed by atoms with E-state index in [0.29, 0.717) is 13.2 Å². The predicted octanol–water partition coefficient (Wildman–Crippen LogP) is 3.97. The smallest absolute Gasteiger partial charge is 0.192 e. The average Bonchev–Trinajstić information content (AvgIpc) is 3.21. The molecule has 0 aromatic heterocycles. The number of para-hydroxylation sites is 1. The van der Waals surface area contributed by atoms with Gasteiger partial charge in [-0.15, -0.1) is 0 Å². The molecule has 0 spiro atoms. The van der Waals surface area contributed by atoms with Crippen LogP contribution in [0.2, 0.25) is 0 Å². The first-order valence-corrected chi connectivity index (χ1v) is 10.9. The summed E-state index contributed by atoms with van der Waals surface area (Å²) in [5.41, 5.74) is 3.41. The Balaban J connectivity index is 1.48. The van der Waals surface area contributed by atoms with Gasteiger partial charge >= 0.3 is 0 Å². The number of aliphatic imine (C=N–C) groups is 1. The summed E-state index contributed by atoms with van der Waals surface area (Å²) in [6, 6.07) is 7.95. The van der Waals surface area contributed by atoms with Gasteiger partial charge in [0.05, 0.1) is 18.7 Å². The normalized spacial score (nSPS) is 24.2. The molecule has 0 saturated heterocycles. The average molecular weight is 386 g/mol. The minimum Gasteiger partial charge on any atom is -0.493 e. The maximum Gasteiger partial charge on any atom is 0.192 e. The van der Waals surface area contributed by atoms with E-state index in [9.17, 15) is 4.21 Å². The molecule has 1 aliphatic carbocycles. The van der Waals surface area contributed by atoms with Crippen molar-refractivity contribution in [1.29, 1.82) is 0 Å². The molecular weight excluding hydrogens is 366 g/mol. The number of hydrazone groups is 1. The zero-order chi connectivity index (χ0) is 17.7. The molecule has 0 amide bonds. The van der Waals surface area contributed by atoms with E-state index in [2.05, 4.69) is 0 Å². The molecule has 3 aliphatic heterocycles. The number of benzene rings is 1. The first-order chi connectivity index (χ1) is 12.8. The van der Waals surface area contributed by atoms with Crippen molar-refractivity contribution in [3.63, 3.8) is 0 Å². The van der Waals surface area contributed by atoms with E-state index in [1.54, 1.807) is 0 Å². The van der Waals surface area contributed by atoms with Crippen molar-refractivity contribution in [2.75, 3.05) is 13.2 Å². The molecule has 5 nitrogen and oxygen atoms in total. The Kier molecular flexibility index (Phi) is 4.01. The Labute approximate surface area is 159 Å². The minimum atomic E-state index is -1.07. The third-order valence-corrected chi connectivity index (χ3v) is 7.55. The lowest BCUT2D eigenvalue weighted by molar-refractivity contribution is 0.339. The second-order valence-electron chi connectivity index (χ2n) is 6.55. The minimum absolute atomic E-state index is 0.616. The van der Waals surface area contributed by atoms with Crippen molar-refractivity contribution in [1.82, 2.24) is 5.01 Å². The van der Waals surface area contributed by atoms with Crippen LogP contribution in [0.5, 0.6) is 5.75 Å². The van der Waals surface area contributed by atoms with Crippen LogP contribution in [0.25, 0.3) is 0 Å². The zero-order valence-corrected chi connectivity index (χ0v) is 16.2. The summed E-state index contributed by atoms with van der Waals surface area (Å²) in [6.07, 6.45) is 4.28. The van der Waals surface area contributed by atoms with Gasteiger partial charge in [-0.05, 0) is 62.1 Å². The molecule has 7 heteroatoms. The van der Waals surface area contributed by atoms with Crippen molar-refractivity contribution in [3.8, 4) is 5.75 Å². The monoisotopic (exact) mass is 385 g/mol. The molecule has 1 unspecified atom stereocenters. The molecular formula is C19H19N3O2S2. The number of fused-ring (bicyclic) bond motifs is 2. The van der Waals surface area contributed by atoms with Crippen molar-refractivity contribution < 1.29 is 8.95 Å². The van der Waals surface area contributed by atoms with E-state index in [-0.39, 0.29) is 0 Å². The van der Waals surface area contributed by atoms with E-state index in [0.717, 1.165) is 56.3 Å². The Morgan fingerprint density at radius 2 is 2.08 bits per heavy atom. The van der Waals surface area contributed by atoms with Gasteiger partial charge in [0.25, 0.3) is 0 Å². The lowest BCUT2D eigenvalue weighted by atomic mass is 9.93. The topological polar surface area (TPSA) is 54.3 Å². The predicted molar refractivity (Wildman–Crippen MR) is 107 cm³/mol. The molecule has 1 atom stereocenters. The molecule has 26 heavy (non-hydrogen) atoms. The highest BCUT2D eigenvalue weighted by molar-refractivity contribution is 8.27. The van der Waals surface area contributed by atoms with Crippen LogP contribution in [0.4, 0.5) is 0 Å². The number of thioether (sulfide) groups is 1. The molecule has 0 radical (unpaired) electrons. The second-order valence-corrected chi connectivity index (χ2v) is 8.92. The van der Waals surface area contributed by atoms with Crippen molar-refractivity contribution in [3.05, 3.63) is 50.9 Å². The summed E-state index contributed by atoms with van der Waals surface area (Å²) in [5.74, 6) is 0.836. The van der Waals surface area contributed by atoms with Gasteiger partial charge in [0.15, 0.2) is 5.17 Å². The zero-order valence-electron chi connectivity index (χ0n) is 14.5. The van der Waals surface area contributed by atoms with E-state index >= 15 is 0 Å². The Morgan fingerprint density at radius 1 is 1.23 bits per heavy atom. The number of rotatable bonds is 3. The maximum absolute atomic E-state index is 12.9. The van der Waals surface area contributed by atoms with E-state index in [4.69, 9.17) is 14.8 Å². The first kappa shape index (κ1) is 16.3. The number of hydrogen-bond donors (Lipinski definition) is 0. The molecule has 0 N–H and O–H groups in total. The van der Waals surface area contributed by atoms with Gasteiger partial charge < -0.3 is 4.74 Å². The Morgan fingerprint density at radius 3 is 2.96 bits per heavy atom. The highest BCUT2D eigenvalue weighted by atomic mass is 32.2. The molecule has 1 aromatic carbocycles. The first-order valence-electron chi connectivity index (χ1n) is 8.98. The summed E-state index contributed by atoms with van der Waals surface area (Å²) in [6.45, 7) is 3.27. The van der Waals surface area contributed by atoms with Crippen LogP contribution in [0.15, 0.2) is 55.4 Å². The molecule has 3 heterocycles. The summed E-state index contributed by atoms with van der Waals surface area (Å²) in [4.78, 5) is 5.86. The quantitative estimate of drug-likeness (QED) is 0.790. The SMILES string of the molecule is CCOc1ccccc1C1=NN2CC3=C(N=C2S1)S(=O)C1=C3CCCC1. The van der Waals surface area contributed by atoms with E-state index < -0.39 is 10.8 Å². The Hall–Kier alpha value is -1.86. The molecule has 4 aliphatic rings. The summed E-state index contributed by atoms with van der Waals surface area (Å²) in [7, 11) is -1.07. The summed E-state index contributed by atoms with van der Waals surface area (Å²) >= 11 is 1.53. The second kappa shape index (κ2) is 6.39. The lowest BCUT2D eigenvalue weighted by Crippen LogP contribution is -2.26. The van der Waals surface area contributed by atoms with Crippen LogP contribution in [0.3, 0.4) is 0 Å². The molecule has 134 valence electrons. The van der Waals surface area contributed by atoms with Gasteiger partial charge in [-0.3, -0.25) is 0 Å².